The van der Waals surface area contributed by atoms with Crippen molar-refractivity contribution in [3.05, 3.63) is 174 Å². The number of nitrogens with zero attached hydrogens (tertiary/aromatic N) is 2. The predicted molar refractivity (Wildman–Crippen MR) is 203 cm³/mol. The number of para-hydroxylation sites is 3. The van der Waals surface area contributed by atoms with Crippen molar-refractivity contribution in [2.45, 2.75) is 44.9 Å². The summed E-state index contributed by atoms with van der Waals surface area (Å²) in [6.45, 7) is 7.22. The Balaban J connectivity index is 1.13. The summed E-state index contributed by atoms with van der Waals surface area (Å²) in [5, 5.41) is 2.59. The van der Waals surface area contributed by atoms with E-state index in [9.17, 15) is 0 Å². The highest BCUT2D eigenvalue weighted by Gasteiger charge is 2.37. The highest BCUT2D eigenvalue weighted by molar-refractivity contribution is 6.09. The molecule has 0 aliphatic heterocycles. The standard InChI is InChI=1S/C46H40N2/c1-31-28-34(22-25-37(31)32-14-6-4-7-15-32)47(33-16-8-5-9-17-33)35-23-26-38-39-27-24-36(30-43(39)46(2,3)42(38)29-35)48-44-20-12-10-18-40(44)41-19-11-13-21-45(41)48/h4-24,26-27,29-31,37H,25,28H2,1-3H3. The van der Waals surface area contributed by atoms with Crippen LogP contribution in [0.3, 0.4) is 0 Å². The lowest BCUT2D eigenvalue weighted by Crippen LogP contribution is -2.24. The quantitative estimate of drug-likeness (QED) is 0.186. The normalized spacial score (nSPS) is 18.0. The average Bonchev–Trinajstić information content (AvgIpc) is 3.57. The van der Waals surface area contributed by atoms with Crippen molar-refractivity contribution in [2.24, 2.45) is 5.92 Å². The molecule has 9 rings (SSSR count). The van der Waals surface area contributed by atoms with Crippen molar-refractivity contribution in [3.63, 3.8) is 0 Å². The van der Waals surface area contributed by atoms with Gasteiger partial charge in [-0.15, -0.1) is 0 Å². The Labute approximate surface area is 283 Å². The molecule has 2 unspecified atom stereocenters. The molecule has 2 aliphatic carbocycles. The number of benzene rings is 6. The van der Waals surface area contributed by atoms with Crippen LogP contribution in [-0.4, -0.2) is 4.57 Å². The molecule has 0 N–H and O–H groups in total. The first-order valence-corrected chi connectivity index (χ1v) is 17.4. The van der Waals surface area contributed by atoms with Gasteiger partial charge in [0.15, 0.2) is 0 Å². The molecule has 0 bridgehead atoms. The van der Waals surface area contributed by atoms with Gasteiger partial charge in [0.05, 0.1) is 11.0 Å². The van der Waals surface area contributed by atoms with Gasteiger partial charge in [0, 0.05) is 38.9 Å². The van der Waals surface area contributed by atoms with Gasteiger partial charge in [0.1, 0.15) is 0 Å². The van der Waals surface area contributed by atoms with Crippen LogP contribution in [0.4, 0.5) is 11.4 Å². The highest BCUT2D eigenvalue weighted by Crippen LogP contribution is 2.52. The van der Waals surface area contributed by atoms with Gasteiger partial charge in [-0.05, 0) is 101 Å². The summed E-state index contributed by atoms with van der Waals surface area (Å²) in [6.07, 6.45) is 4.59. The fraction of sp³-hybridized carbons (Fsp3) is 0.174. The highest BCUT2D eigenvalue weighted by atomic mass is 15.1. The van der Waals surface area contributed by atoms with E-state index in [0.29, 0.717) is 11.8 Å². The first-order chi connectivity index (χ1) is 23.5. The van der Waals surface area contributed by atoms with Crippen molar-refractivity contribution in [2.75, 3.05) is 4.90 Å². The zero-order valence-corrected chi connectivity index (χ0v) is 27.9. The van der Waals surface area contributed by atoms with Gasteiger partial charge in [-0.1, -0.05) is 124 Å². The first-order valence-electron chi connectivity index (χ1n) is 17.4. The second-order valence-corrected chi connectivity index (χ2v) is 14.3. The Hall–Kier alpha value is -5.34. The van der Waals surface area contributed by atoms with Crippen LogP contribution in [0, 0.1) is 5.92 Å². The van der Waals surface area contributed by atoms with Gasteiger partial charge in [-0.3, -0.25) is 0 Å². The van der Waals surface area contributed by atoms with Gasteiger partial charge in [0.2, 0.25) is 0 Å². The number of anilines is 2. The van der Waals surface area contributed by atoms with Crippen LogP contribution in [0.15, 0.2) is 157 Å². The van der Waals surface area contributed by atoms with E-state index >= 15 is 0 Å². The third-order valence-electron chi connectivity index (χ3n) is 11.1. The van der Waals surface area contributed by atoms with Gasteiger partial charge < -0.3 is 9.47 Å². The zero-order valence-electron chi connectivity index (χ0n) is 27.9. The van der Waals surface area contributed by atoms with E-state index in [0.717, 1.165) is 12.8 Å². The summed E-state index contributed by atoms with van der Waals surface area (Å²) in [5.74, 6) is 1.10. The lowest BCUT2D eigenvalue weighted by atomic mass is 9.78. The van der Waals surface area contributed by atoms with E-state index < -0.39 is 0 Å². The Morgan fingerprint density at radius 1 is 0.604 bits per heavy atom. The molecule has 0 fully saturated rings. The number of hydrogen-bond acceptors (Lipinski definition) is 1. The summed E-state index contributed by atoms with van der Waals surface area (Å²) in [4.78, 5) is 2.51. The van der Waals surface area contributed by atoms with E-state index in [1.54, 1.807) is 0 Å². The lowest BCUT2D eigenvalue weighted by molar-refractivity contribution is 0.433. The maximum atomic E-state index is 2.51. The summed E-state index contributed by atoms with van der Waals surface area (Å²) < 4.78 is 2.44. The smallest absolute Gasteiger partial charge is 0.0541 e. The molecule has 0 saturated heterocycles. The molecule has 0 spiro atoms. The van der Waals surface area contributed by atoms with Crippen molar-refractivity contribution in [1.29, 1.82) is 0 Å². The maximum Gasteiger partial charge on any atom is 0.0541 e. The molecule has 0 radical (unpaired) electrons. The third kappa shape index (κ3) is 4.47. The van der Waals surface area contributed by atoms with E-state index in [1.807, 2.05) is 0 Å². The summed E-state index contributed by atoms with van der Waals surface area (Å²) in [5.41, 5.74) is 14.3. The molecular formula is C46H40N2. The number of aromatic nitrogens is 1. The van der Waals surface area contributed by atoms with Gasteiger partial charge >= 0.3 is 0 Å². The van der Waals surface area contributed by atoms with Crippen molar-refractivity contribution >= 4 is 33.2 Å². The molecule has 2 aliphatic rings. The van der Waals surface area contributed by atoms with Crippen LogP contribution in [0.1, 0.15) is 56.2 Å². The average molecular weight is 621 g/mol. The third-order valence-corrected chi connectivity index (χ3v) is 11.1. The van der Waals surface area contributed by atoms with E-state index in [-0.39, 0.29) is 5.41 Å². The van der Waals surface area contributed by atoms with E-state index in [1.165, 1.54) is 72.4 Å². The fourth-order valence-electron chi connectivity index (χ4n) is 8.65. The van der Waals surface area contributed by atoms with Crippen LogP contribution in [0.25, 0.3) is 38.6 Å². The number of allylic oxidation sites excluding steroid dienone is 2. The van der Waals surface area contributed by atoms with Crippen LogP contribution >= 0.6 is 0 Å². The SMILES string of the molecule is CC1CC(N(c2ccccc2)c2ccc3c(c2)C(C)(C)c2cc(-n4c5ccccc5c5ccccc54)ccc2-3)=CCC1c1ccccc1. The molecule has 0 saturated carbocycles. The van der Waals surface area contributed by atoms with Crippen LogP contribution in [0.5, 0.6) is 0 Å². The van der Waals surface area contributed by atoms with E-state index in [4.69, 9.17) is 0 Å². The molecule has 2 nitrogen and oxygen atoms in total. The molecule has 0 amide bonds. The van der Waals surface area contributed by atoms with Crippen molar-refractivity contribution < 1.29 is 0 Å². The number of fused-ring (bicyclic) bond motifs is 6. The molecule has 1 heterocycles. The minimum Gasteiger partial charge on any atom is -0.315 e. The zero-order chi connectivity index (χ0) is 32.4. The number of rotatable bonds is 5. The summed E-state index contributed by atoms with van der Waals surface area (Å²) in [6, 6.07) is 53.8. The second-order valence-electron chi connectivity index (χ2n) is 14.3. The molecule has 2 heteroatoms. The first kappa shape index (κ1) is 28.8. The molecule has 6 aromatic carbocycles. The lowest BCUT2D eigenvalue weighted by Gasteiger charge is -2.36. The molecule has 1 aromatic heterocycles. The Bertz CT molecular complexity index is 2290. The monoisotopic (exact) mass is 620 g/mol. The minimum atomic E-state index is -0.148. The van der Waals surface area contributed by atoms with Crippen LogP contribution in [0.2, 0.25) is 0 Å². The topological polar surface area (TPSA) is 8.17 Å². The Morgan fingerprint density at radius 2 is 1.19 bits per heavy atom. The number of hydrogen-bond donors (Lipinski definition) is 0. The second kappa shape index (κ2) is 11.1. The largest absolute Gasteiger partial charge is 0.315 e. The van der Waals surface area contributed by atoms with Crippen LogP contribution in [-0.2, 0) is 5.41 Å². The molecule has 48 heavy (non-hydrogen) atoms. The molecule has 2 atom stereocenters. The Kier molecular flexibility index (Phi) is 6.69. The predicted octanol–water partition coefficient (Wildman–Crippen LogP) is 12.3. The minimum absolute atomic E-state index is 0.148. The Morgan fingerprint density at radius 3 is 1.85 bits per heavy atom. The maximum absolute atomic E-state index is 2.51. The van der Waals surface area contributed by atoms with Gasteiger partial charge in [-0.2, -0.15) is 0 Å². The van der Waals surface area contributed by atoms with Crippen molar-refractivity contribution in [3.8, 4) is 16.8 Å². The summed E-state index contributed by atoms with van der Waals surface area (Å²) in [7, 11) is 0. The fourth-order valence-corrected chi connectivity index (χ4v) is 8.65. The van der Waals surface area contributed by atoms with Gasteiger partial charge in [-0.25, -0.2) is 0 Å². The molecule has 7 aromatic rings. The van der Waals surface area contributed by atoms with E-state index in [2.05, 4.69) is 182 Å². The van der Waals surface area contributed by atoms with Gasteiger partial charge in [0.25, 0.3) is 0 Å². The van der Waals surface area contributed by atoms with Crippen molar-refractivity contribution in [1.82, 2.24) is 4.57 Å². The molecule has 234 valence electrons. The molecular weight excluding hydrogens is 581 g/mol. The van der Waals surface area contributed by atoms with Crippen LogP contribution < -0.4 is 4.90 Å². The summed E-state index contributed by atoms with van der Waals surface area (Å²) >= 11 is 0.